The summed E-state index contributed by atoms with van der Waals surface area (Å²) in [5.74, 6) is 1.01. The second-order valence-corrected chi connectivity index (χ2v) is 8.36. The van der Waals surface area contributed by atoms with E-state index in [-0.39, 0.29) is 0 Å². The van der Waals surface area contributed by atoms with Crippen LogP contribution in [0.25, 0.3) is 44.3 Å². The monoisotopic (exact) mass is 406 g/mol. The Balaban J connectivity index is 1.68. The van der Waals surface area contributed by atoms with E-state index in [1.165, 1.54) is 11.1 Å². The number of nitrogens with zero attached hydrogens (tertiary/aromatic N) is 1. The molecule has 0 bridgehead atoms. The van der Waals surface area contributed by atoms with Gasteiger partial charge in [-0.25, -0.2) is 4.57 Å². The Bertz CT molecular complexity index is 1460. The molecule has 31 heavy (non-hydrogen) atoms. The fraction of sp³-hybridized carbons (Fsp3) is 0.179. The standard InChI is InChI=1S/C28H24NO2/c1-18-14-15-23-22-12-6-11-21(20-10-5-8-19-9-7-17-30-26(19)20)27(22)31-28(23)25(18)24-13-3-4-16-29(24)2/h3-6,8,10-16H,7,9,17H2,1-2H3/q+1. The third kappa shape index (κ3) is 2.77. The summed E-state index contributed by atoms with van der Waals surface area (Å²) in [4.78, 5) is 0. The summed E-state index contributed by atoms with van der Waals surface area (Å²) >= 11 is 0. The van der Waals surface area contributed by atoms with Crippen LogP contribution in [0.4, 0.5) is 0 Å². The van der Waals surface area contributed by atoms with Crippen LogP contribution in [0, 0.1) is 6.92 Å². The van der Waals surface area contributed by atoms with Gasteiger partial charge in [0.05, 0.1) is 12.2 Å². The third-order valence-electron chi connectivity index (χ3n) is 6.41. The lowest BCUT2D eigenvalue weighted by Crippen LogP contribution is -2.30. The van der Waals surface area contributed by atoms with Gasteiger partial charge < -0.3 is 9.15 Å². The third-order valence-corrected chi connectivity index (χ3v) is 6.41. The molecule has 3 heterocycles. The number of rotatable bonds is 2. The Kier molecular flexibility index (Phi) is 4.10. The van der Waals surface area contributed by atoms with Gasteiger partial charge in [-0.3, -0.25) is 0 Å². The van der Waals surface area contributed by atoms with Crippen molar-refractivity contribution in [2.75, 3.05) is 6.61 Å². The van der Waals surface area contributed by atoms with E-state index in [1.807, 2.05) is 6.07 Å². The van der Waals surface area contributed by atoms with Gasteiger partial charge in [0.1, 0.15) is 24.0 Å². The Morgan fingerprint density at radius 1 is 0.806 bits per heavy atom. The first-order valence-corrected chi connectivity index (χ1v) is 10.9. The van der Waals surface area contributed by atoms with Crippen LogP contribution < -0.4 is 9.30 Å². The number of aryl methyl sites for hydroxylation is 3. The maximum absolute atomic E-state index is 6.68. The van der Waals surface area contributed by atoms with Crippen molar-refractivity contribution in [3.8, 4) is 28.1 Å². The fourth-order valence-electron chi connectivity index (χ4n) is 4.87. The minimum absolute atomic E-state index is 0.772. The fourth-order valence-corrected chi connectivity index (χ4v) is 4.87. The number of aromatic nitrogens is 1. The topological polar surface area (TPSA) is 26.2 Å². The molecule has 2 aromatic heterocycles. The molecule has 0 amide bonds. The summed E-state index contributed by atoms with van der Waals surface area (Å²) in [5.41, 5.74) is 8.85. The molecule has 6 rings (SSSR count). The lowest BCUT2D eigenvalue weighted by atomic mass is 9.96. The molecule has 0 saturated heterocycles. The van der Waals surface area contributed by atoms with Crippen LogP contribution in [-0.2, 0) is 13.5 Å². The molecule has 0 N–H and O–H groups in total. The van der Waals surface area contributed by atoms with Gasteiger partial charge in [-0.1, -0.05) is 48.5 Å². The molecule has 0 aliphatic carbocycles. The van der Waals surface area contributed by atoms with Gasteiger partial charge in [-0.05, 0) is 37.0 Å². The maximum atomic E-state index is 6.68. The van der Waals surface area contributed by atoms with E-state index < -0.39 is 0 Å². The van der Waals surface area contributed by atoms with E-state index in [9.17, 15) is 0 Å². The van der Waals surface area contributed by atoms with Crippen LogP contribution in [0.1, 0.15) is 17.5 Å². The van der Waals surface area contributed by atoms with Gasteiger partial charge in [-0.2, -0.15) is 0 Å². The number of hydrogen-bond acceptors (Lipinski definition) is 2. The largest absolute Gasteiger partial charge is 0.493 e. The lowest BCUT2D eigenvalue weighted by molar-refractivity contribution is -0.660. The van der Waals surface area contributed by atoms with Crippen molar-refractivity contribution in [1.29, 1.82) is 0 Å². The molecule has 0 unspecified atom stereocenters. The minimum Gasteiger partial charge on any atom is -0.493 e. The highest BCUT2D eigenvalue weighted by Gasteiger charge is 2.23. The number of benzene rings is 3. The number of furan rings is 1. The second-order valence-electron chi connectivity index (χ2n) is 8.36. The molecular weight excluding hydrogens is 382 g/mol. The maximum Gasteiger partial charge on any atom is 0.216 e. The summed E-state index contributed by atoms with van der Waals surface area (Å²) in [7, 11) is 2.08. The SMILES string of the molecule is Cc1ccc2c(oc3c(-c4cccc5c4OCCC5)cccc32)c1-c1cccc[n+]1C. The number of hydrogen-bond donors (Lipinski definition) is 0. The van der Waals surface area contributed by atoms with Crippen LogP contribution in [-0.4, -0.2) is 6.61 Å². The van der Waals surface area contributed by atoms with Crippen molar-refractivity contribution in [2.45, 2.75) is 19.8 Å². The van der Waals surface area contributed by atoms with E-state index in [4.69, 9.17) is 9.15 Å². The van der Waals surface area contributed by atoms with Crippen LogP contribution in [0.2, 0.25) is 0 Å². The summed E-state index contributed by atoms with van der Waals surface area (Å²) in [6.07, 6.45) is 4.21. The van der Waals surface area contributed by atoms with Crippen molar-refractivity contribution in [3.63, 3.8) is 0 Å². The average molecular weight is 407 g/mol. The van der Waals surface area contributed by atoms with Crippen molar-refractivity contribution in [1.82, 2.24) is 0 Å². The van der Waals surface area contributed by atoms with Gasteiger partial charge in [0.2, 0.25) is 5.69 Å². The molecule has 5 aromatic rings. The normalized spacial score (nSPS) is 13.4. The van der Waals surface area contributed by atoms with Crippen LogP contribution >= 0.6 is 0 Å². The smallest absolute Gasteiger partial charge is 0.216 e. The Labute approximate surface area is 181 Å². The summed E-state index contributed by atoms with van der Waals surface area (Å²) in [6, 6.07) is 23.5. The van der Waals surface area contributed by atoms with Crippen molar-refractivity contribution in [2.24, 2.45) is 7.05 Å². The Hall–Kier alpha value is -3.59. The van der Waals surface area contributed by atoms with Crippen molar-refractivity contribution >= 4 is 21.9 Å². The highest BCUT2D eigenvalue weighted by atomic mass is 16.5. The zero-order valence-electron chi connectivity index (χ0n) is 17.8. The summed E-state index contributed by atoms with van der Waals surface area (Å²) in [6.45, 7) is 2.92. The van der Waals surface area contributed by atoms with Crippen molar-refractivity contribution < 1.29 is 13.7 Å². The molecule has 152 valence electrons. The Morgan fingerprint density at radius 2 is 1.65 bits per heavy atom. The zero-order chi connectivity index (χ0) is 20.9. The van der Waals surface area contributed by atoms with Crippen LogP contribution in [0.15, 0.2) is 77.3 Å². The number of ether oxygens (including phenoxy) is 1. The average Bonchev–Trinajstić information content (AvgIpc) is 3.18. The van der Waals surface area contributed by atoms with Crippen LogP contribution in [0.5, 0.6) is 5.75 Å². The zero-order valence-corrected chi connectivity index (χ0v) is 17.8. The van der Waals surface area contributed by atoms with E-state index in [0.29, 0.717) is 0 Å². The predicted molar refractivity (Wildman–Crippen MR) is 124 cm³/mol. The molecular formula is C28H24NO2+. The molecule has 3 heteroatoms. The van der Waals surface area contributed by atoms with E-state index >= 15 is 0 Å². The summed E-state index contributed by atoms with van der Waals surface area (Å²) in [5, 5.41) is 2.28. The number of para-hydroxylation sites is 2. The van der Waals surface area contributed by atoms with Crippen molar-refractivity contribution in [3.05, 3.63) is 84.1 Å². The van der Waals surface area contributed by atoms with Gasteiger partial charge in [0.15, 0.2) is 6.20 Å². The quantitative estimate of drug-likeness (QED) is 0.318. The number of pyridine rings is 1. The Morgan fingerprint density at radius 3 is 2.55 bits per heavy atom. The molecule has 1 aliphatic heterocycles. The highest BCUT2D eigenvalue weighted by Crippen LogP contribution is 2.43. The molecule has 1 aliphatic rings. The lowest BCUT2D eigenvalue weighted by Gasteiger charge is -2.20. The van der Waals surface area contributed by atoms with Gasteiger partial charge >= 0.3 is 0 Å². The first-order chi connectivity index (χ1) is 15.2. The van der Waals surface area contributed by atoms with Gasteiger partial charge in [0, 0.05) is 34.0 Å². The second kappa shape index (κ2) is 6.98. The number of fused-ring (bicyclic) bond motifs is 4. The molecule has 3 aromatic carbocycles. The van der Waals surface area contributed by atoms with Crippen LogP contribution in [0.3, 0.4) is 0 Å². The molecule has 0 radical (unpaired) electrons. The van der Waals surface area contributed by atoms with E-state index in [1.54, 1.807) is 0 Å². The molecule has 0 saturated carbocycles. The molecule has 0 atom stereocenters. The van der Waals surface area contributed by atoms with E-state index in [0.717, 1.165) is 69.5 Å². The highest BCUT2D eigenvalue weighted by molar-refractivity contribution is 6.13. The molecule has 0 fully saturated rings. The summed E-state index contributed by atoms with van der Waals surface area (Å²) < 4.78 is 14.9. The molecule has 3 nitrogen and oxygen atoms in total. The van der Waals surface area contributed by atoms with Gasteiger partial charge in [-0.15, -0.1) is 0 Å². The van der Waals surface area contributed by atoms with E-state index in [2.05, 4.69) is 85.4 Å². The van der Waals surface area contributed by atoms with Gasteiger partial charge in [0.25, 0.3) is 0 Å². The predicted octanol–water partition coefficient (Wildman–Crippen LogP) is 6.38. The molecule has 0 spiro atoms. The first-order valence-electron chi connectivity index (χ1n) is 10.9. The first kappa shape index (κ1) is 18.2. The minimum atomic E-state index is 0.772.